The van der Waals surface area contributed by atoms with Crippen molar-refractivity contribution in [1.82, 2.24) is 10.6 Å². The van der Waals surface area contributed by atoms with E-state index in [9.17, 15) is 4.39 Å². The van der Waals surface area contributed by atoms with Gasteiger partial charge in [-0.3, -0.25) is 0 Å². The molecule has 0 aromatic rings. The van der Waals surface area contributed by atoms with Gasteiger partial charge >= 0.3 is 0 Å². The second kappa shape index (κ2) is 6.04. The number of allylic oxidation sites excluding steroid dienone is 3. The van der Waals surface area contributed by atoms with Crippen LogP contribution in [-0.2, 0) is 0 Å². The van der Waals surface area contributed by atoms with Gasteiger partial charge in [0, 0.05) is 19.5 Å². The number of nitrogens with one attached hydrogen (secondary N) is 2. The van der Waals surface area contributed by atoms with Crippen molar-refractivity contribution < 1.29 is 4.39 Å². The minimum absolute atomic E-state index is 0.149. The van der Waals surface area contributed by atoms with Gasteiger partial charge in [-0.05, 0) is 12.6 Å². The van der Waals surface area contributed by atoms with Crippen LogP contribution in [0.1, 0.15) is 13.3 Å². The van der Waals surface area contributed by atoms with Crippen LogP contribution in [0.4, 0.5) is 4.39 Å². The van der Waals surface area contributed by atoms with Gasteiger partial charge < -0.3 is 10.6 Å². The lowest BCUT2D eigenvalue weighted by Crippen LogP contribution is -2.27. The molecule has 1 atom stereocenters. The quantitative estimate of drug-likeness (QED) is 0.545. The summed E-state index contributed by atoms with van der Waals surface area (Å²) in [6.45, 7) is 4.54. The van der Waals surface area contributed by atoms with E-state index in [1.807, 2.05) is 6.92 Å². The van der Waals surface area contributed by atoms with Gasteiger partial charge in [-0.25, -0.2) is 4.39 Å². The fraction of sp³-hybridized carbons (Fsp3) is 0.600. The zero-order valence-electron chi connectivity index (χ0n) is 8.32. The molecule has 0 spiro atoms. The molecule has 0 amide bonds. The highest BCUT2D eigenvalue weighted by molar-refractivity contribution is 6.22. The number of hydrogen-bond acceptors (Lipinski definition) is 2. The molecule has 80 valence electrons. The summed E-state index contributed by atoms with van der Waals surface area (Å²) in [5.74, 6) is -0.149. The van der Waals surface area contributed by atoms with Crippen molar-refractivity contribution >= 4 is 11.6 Å². The van der Waals surface area contributed by atoms with Crippen molar-refractivity contribution in [2.75, 3.05) is 19.6 Å². The van der Waals surface area contributed by atoms with E-state index < -0.39 is 0 Å². The van der Waals surface area contributed by atoms with E-state index in [1.165, 1.54) is 0 Å². The van der Waals surface area contributed by atoms with Crippen LogP contribution in [0.5, 0.6) is 0 Å². The summed E-state index contributed by atoms with van der Waals surface area (Å²) in [6, 6.07) is 0. The molecular formula is C10H16ClFN2. The molecule has 2 N–H and O–H groups in total. The molecule has 0 fully saturated rings. The number of rotatable bonds is 5. The van der Waals surface area contributed by atoms with Gasteiger partial charge in [-0.15, -0.1) is 11.6 Å². The first-order valence-corrected chi connectivity index (χ1v) is 5.33. The summed E-state index contributed by atoms with van der Waals surface area (Å²) in [5, 5.41) is 5.98. The third kappa shape index (κ3) is 3.68. The van der Waals surface area contributed by atoms with Crippen molar-refractivity contribution in [3.63, 3.8) is 0 Å². The average Bonchev–Trinajstić information content (AvgIpc) is 2.15. The van der Waals surface area contributed by atoms with E-state index in [1.54, 1.807) is 12.2 Å². The molecule has 0 radical (unpaired) electrons. The summed E-state index contributed by atoms with van der Waals surface area (Å²) in [7, 11) is 0. The van der Waals surface area contributed by atoms with E-state index in [4.69, 9.17) is 11.6 Å². The fourth-order valence-corrected chi connectivity index (χ4v) is 1.47. The maximum atomic E-state index is 13.3. The standard InChI is InChI=1S/C10H16ClFN2/c1-2-13-5-6-14-10-4-3-8(11)7-9(10)12/h3-4,8,13-14H,2,5-7H2,1H3. The van der Waals surface area contributed by atoms with E-state index in [0.29, 0.717) is 12.1 Å². The van der Waals surface area contributed by atoms with Gasteiger partial charge in [0.05, 0.1) is 11.1 Å². The number of likely N-dealkylation sites (N-methyl/N-ethyl adjacent to an activating group) is 1. The Morgan fingerprint density at radius 2 is 2.36 bits per heavy atom. The molecule has 0 aromatic carbocycles. The molecule has 0 saturated heterocycles. The average molecular weight is 219 g/mol. The highest BCUT2D eigenvalue weighted by Gasteiger charge is 2.13. The topological polar surface area (TPSA) is 24.1 Å². The van der Waals surface area contributed by atoms with Crippen LogP contribution in [0.3, 0.4) is 0 Å². The highest BCUT2D eigenvalue weighted by atomic mass is 35.5. The maximum Gasteiger partial charge on any atom is 0.125 e. The molecule has 4 heteroatoms. The largest absolute Gasteiger partial charge is 0.382 e. The third-order valence-electron chi connectivity index (χ3n) is 2.01. The Kier molecular flexibility index (Phi) is 4.98. The molecule has 0 bridgehead atoms. The van der Waals surface area contributed by atoms with Gasteiger partial charge in [0.15, 0.2) is 0 Å². The monoisotopic (exact) mass is 218 g/mol. The fourth-order valence-electron chi connectivity index (χ4n) is 1.26. The van der Waals surface area contributed by atoms with Crippen LogP contribution in [-0.4, -0.2) is 25.0 Å². The molecule has 0 saturated carbocycles. The van der Waals surface area contributed by atoms with Gasteiger partial charge in [0.2, 0.25) is 0 Å². The Labute approximate surface area is 89.2 Å². The van der Waals surface area contributed by atoms with Crippen molar-refractivity contribution in [3.05, 3.63) is 23.7 Å². The number of alkyl halides is 1. The summed E-state index contributed by atoms with van der Waals surface area (Å²) in [4.78, 5) is 0. The summed E-state index contributed by atoms with van der Waals surface area (Å²) in [6.07, 6.45) is 3.81. The first-order chi connectivity index (χ1) is 6.74. The smallest absolute Gasteiger partial charge is 0.125 e. The predicted octanol–water partition coefficient (Wildman–Crippen LogP) is 1.93. The Balaban J connectivity index is 2.30. The number of hydrogen-bond donors (Lipinski definition) is 2. The van der Waals surface area contributed by atoms with Gasteiger partial charge in [0.25, 0.3) is 0 Å². The molecule has 2 nitrogen and oxygen atoms in total. The second-order valence-corrected chi connectivity index (χ2v) is 3.74. The van der Waals surface area contributed by atoms with Crippen molar-refractivity contribution in [2.45, 2.75) is 18.7 Å². The molecule has 0 aliphatic heterocycles. The van der Waals surface area contributed by atoms with Crippen LogP contribution < -0.4 is 10.6 Å². The maximum absolute atomic E-state index is 13.3. The van der Waals surface area contributed by atoms with E-state index >= 15 is 0 Å². The van der Waals surface area contributed by atoms with E-state index in [2.05, 4.69) is 10.6 Å². The zero-order chi connectivity index (χ0) is 10.4. The zero-order valence-corrected chi connectivity index (χ0v) is 9.07. The second-order valence-electron chi connectivity index (χ2n) is 3.18. The van der Waals surface area contributed by atoms with Crippen molar-refractivity contribution in [3.8, 4) is 0 Å². The Morgan fingerprint density at radius 3 is 3.00 bits per heavy atom. The Bertz CT molecular complexity index is 238. The third-order valence-corrected chi connectivity index (χ3v) is 2.31. The minimum Gasteiger partial charge on any atom is -0.382 e. The van der Waals surface area contributed by atoms with Gasteiger partial charge in [-0.2, -0.15) is 0 Å². The normalized spacial score (nSPS) is 21.5. The molecule has 1 unspecified atom stereocenters. The van der Waals surface area contributed by atoms with Gasteiger partial charge in [0.1, 0.15) is 5.83 Å². The van der Waals surface area contributed by atoms with E-state index in [0.717, 1.165) is 19.6 Å². The lowest BCUT2D eigenvalue weighted by Gasteiger charge is -2.14. The lowest BCUT2D eigenvalue weighted by atomic mass is 10.1. The molecule has 1 aliphatic carbocycles. The van der Waals surface area contributed by atoms with Crippen LogP contribution in [0.15, 0.2) is 23.7 Å². The Morgan fingerprint density at radius 1 is 1.57 bits per heavy atom. The summed E-state index contributed by atoms with van der Waals surface area (Å²) < 4.78 is 13.3. The SMILES string of the molecule is CCNCCNC1=C(F)CC(Cl)C=C1. The molecule has 1 rings (SSSR count). The molecule has 1 aliphatic rings. The summed E-state index contributed by atoms with van der Waals surface area (Å²) >= 11 is 5.76. The number of halogens is 2. The van der Waals surface area contributed by atoms with Crippen LogP contribution >= 0.6 is 11.6 Å². The first-order valence-electron chi connectivity index (χ1n) is 4.89. The van der Waals surface area contributed by atoms with Crippen molar-refractivity contribution in [2.24, 2.45) is 0 Å². The van der Waals surface area contributed by atoms with Crippen molar-refractivity contribution in [1.29, 1.82) is 0 Å². The Hall–Kier alpha value is -0.540. The summed E-state index contributed by atoms with van der Waals surface area (Å²) in [5.41, 5.74) is 0.569. The molecular weight excluding hydrogens is 203 g/mol. The highest BCUT2D eigenvalue weighted by Crippen LogP contribution is 2.21. The molecule has 0 aromatic heterocycles. The van der Waals surface area contributed by atoms with Crippen LogP contribution in [0.2, 0.25) is 0 Å². The van der Waals surface area contributed by atoms with E-state index in [-0.39, 0.29) is 11.2 Å². The predicted molar refractivity (Wildman–Crippen MR) is 58.1 cm³/mol. The first kappa shape index (κ1) is 11.5. The lowest BCUT2D eigenvalue weighted by molar-refractivity contribution is 0.559. The molecule has 14 heavy (non-hydrogen) atoms. The minimum atomic E-state index is -0.200. The molecule has 0 heterocycles. The van der Waals surface area contributed by atoms with Crippen LogP contribution in [0.25, 0.3) is 0 Å². The van der Waals surface area contributed by atoms with Gasteiger partial charge in [-0.1, -0.05) is 13.0 Å². The van der Waals surface area contributed by atoms with Crippen LogP contribution in [0, 0.1) is 0 Å².